The standard InChI is InChI=1S/C14H20N2/c1-4-5-8-16-14(10-15)13-9-11(2)6-7-12(13)3/h1,6-7,9,14,16H,5,8,10,15H2,2-3H3. The summed E-state index contributed by atoms with van der Waals surface area (Å²) in [5, 5.41) is 3.39. The topological polar surface area (TPSA) is 38.0 Å². The predicted molar refractivity (Wildman–Crippen MR) is 69.2 cm³/mol. The molecule has 0 aliphatic carbocycles. The molecule has 1 rings (SSSR count). The minimum atomic E-state index is 0.202. The van der Waals surface area contributed by atoms with E-state index in [0.29, 0.717) is 6.54 Å². The Balaban J connectivity index is 2.78. The predicted octanol–water partition coefficient (Wildman–Crippen LogP) is 1.92. The van der Waals surface area contributed by atoms with E-state index in [0.717, 1.165) is 13.0 Å². The molecular formula is C14H20N2. The second-order valence-electron chi connectivity index (χ2n) is 4.06. The fourth-order valence-electron chi connectivity index (χ4n) is 1.77. The third kappa shape index (κ3) is 3.37. The third-order valence-corrected chi connectivity index (χ3v) is 2.71. The quantitative estimate of drug-likeness (QED) is 0.583. The maximum atomic E-state index is 5.79. The van der Waals surface area contributed by atoms with Gasteiger partial charge in [-0.25, -0.2) is 0 Å². The second kappa shape index (κ2) is 6.32. The Morgan fingerprint density at radius 3 is 2.81 bits per heavy atom. The molecule has 0 fully saturated rings. The van der Waals surface area contributed by atoms with E-state index in [1.54, 1.807) is 0 Å². The van der Waals surface area contributed by atoms with Crippen LogP contribution in [0.4, 0.5) is 0 Å². The van der Waals surface area contributed by atoms with Crippen LogP contribution in [0, 0.1) is 26.2 Å². The van der Waals surface area contributed by atoms with Gasteiger partial charge in [-0.3, -0.25) is 0 Å². The lowest BCUT2D eigenvalue weighted by Gasteiger charge is -2.19. The van der Waals surface area contributed by atoms with E-state index < -0.39 is 0 Å². The van der Waals surface area contributed by atoms with Crippen LogP contribution in [0.3, 0.4) is 0 Å². The van der Waals surface area contributed by atoms with Crippen LogP contribution in [0.25, 0.3) is 0 Å². The van der Waals surface area contributed by atoms with Crippen LogP contribution < -0.4 is 11.1 Å². The summed E-state index contributed by atoms with van der Waals surface area (Å²) in [6.07, 6.45) is 5.97. The summed E-state index contributed by atoms with van der Waals surface area (Å²) >= 11 is 0. The number of aryl methyl sites for hydroxylation is 2. The van der Waals surface area contributed by atoms with Crippen molar-refractivity contribution >= 4 is 0 Å². The molecule has 0 saturated carbocycles. The first-order valence-corrected chi connectivity index (χ1v) is 5.63. The molecule has 0 bridgehead atoms. The van der Waals surface area contributed by atoms with Crippen molar-refractivity contribution in [3.8, 4) is 12.3 Å². The zero-order chi connectivity index (χ0) is 12.0. The van der Waals surface area contributed by atoms with Gasteiger partial charge in [0.2, 0.25) is 0 Å². The van der Waals surface area contributed by atoms with Crippen molar-refractivity contribution < 1.29 is 0 Å². The first-order valence-electron chi connectivity index (χ1n) is 5.63. The largest absolute Gasteiger partial charge is 0.329 e. The normalized spacial score (nSPS) is 12.1. The molecule has 0 heterocycles. The lowest BCUT2D eigenvalue weighted by Crippen LogP contribution is -2.29. The van der Waals surface area contributed by atoms with Crippen LogP contribution in [-0.2, 0) is 0 Å². The molecule has 3 N–H and O–H groups in total. The van der Waals surface area contributed by atoms with Gasteiger partial charge in [-0.2, -0.15) is 0 Å². The summed E-state index contributed by atoms with van der Waals surface area (Å²) < 4.78 is 0. The Morgan fingerprint density at radius 1 is 1.44 bits per heavy atom. The van der Waals surface area contributed by atoms with Gasteiger partial charge in [-0.05, 0) is 25.0 Å². The smallest absolute Gasteiger partial charge is 0.0447 e. The van der Waals surface area contributed by atoms with Gasteiger partial charge in [0, 0.05) is 25.6 Å². The highest BCUT2D eigenvalue weighted by Gasteiger charge is 2.10. The van der Waals surface area contributed by atoms with E-state index in [1.807, 2.05) is 0 Å². The highest BCUT2D eigenvalue weighted by molar-refractivity contribution is 5.33. The number of terminal acetylenes is 1. The first kappa shape index (κ1) is 12.8. The van der Waals surface area contributed by atoms with Crippen LogP contribution in [-0.4, -0.2) is 13.1 Å². The zero-order valence-electron chi connectivity index (χ0n) is 10.1. The third-order valence-electron chi connectivity index (χ3n) is 2.71. The number of hydrogen-bond donors (Lipinski definition) is 2. The number of hydrogen-bond acceptors (Lipinski definition) is 2. The average Bonchev–Trinajstić information content (AvgIpc) is 2.28. The summed E-state index contributed by atoms with van der Waals surface area (Å²) in [5.41, 5.74) is 9.60. The molecule has 1 atom stereocenters. The fourth-order valence-corrected chi connectivity index (χ4v) is 1.77. The second-order valence-corrected chi connectivity index (χ2v) is 4.06. The molecular weight excluding hydrogens is 196 g/mol. The molecule has 0 saturated heterocycles. The molecule has 1 aromatic carbocycles. The summed E-state index contributed by atoms with van der Waals surface area (Å²) in [5.74, 6) is 2.62. The number of nitrogens with two attached hydrogens (primary N) is 1. The Kier molecular flexibility index (Phi) is 5.04. The molecule has 2 nitrogen and oxygen atoms in total. The van der Waals surface area contributed by atoms with Gasteiger partial charge in [0.1, 0.15) is 0 Å². The molecule has 0 radical (unpaired) electrons. The highest BCUT2D eigenvalue weighted by Crippen LogP contribution is 2.18. The summed E-state index contributed by atoms with van der Waals surface area (Å²) in [6, 6.07) is 6.65. The van der Waals surface area contributed by atoms with Crippen LogP contribution in [0.15, 0.2) is 18.2 Å². The minimum absolute atomic E-state index is 0.202. The first-order chi connectivity index (χ1) is 7.69. The van der Waals surface area contributed by atoms with Crippen LogP contribution in [0.2, 0.25) is 0 Å². The monoisotopic (exact) mass is 216 g/mol. The van der Waals surface area contributed by atoms with Gasteiger partial charge in [0.25, 0.3) is 0 Å². The zero-order valence-corrected chi connectivity index (χ0v) is 10.1. The van der Waals surface area contributed by atoms with Crippen molar-refractivity contribution in [1.29, 1.82) is 0 Å². The molecule has 0 aliphatic heterocycles. The van der Waals surface area contributed by atoms with Crippen LogP contribution >= 0.6 is 0 Å². The molecule has 0 spiro atoms. The Labute approximate surface area is 98.2 Å². The van der Waals surface area contributed by atoms with Gasteiger partial charge >= 0.3 is 0 Å². The van der Waals surface area contributed by atoms with Crippen LogP contribution in [0.5, 0.6) is 0 Å². The lowest BCUT2D eigenvalue weighted by molar-refractivity contribution is 0.548. The molecule has 1 aromatic rings. The van der Waals surface area contributed by atoms with Crippen molar-refractivity contribution in [2.45, 2.75) is 26.3 Å². The van der Waals surface area contributed by atoms with E-state index in [4.69, 9.17) is 12.2 Å². The van der Waals surface area contributed by atoms with Gasteiger partial charge < -0.3 is 11.1 Å². The Bertz CT molecular complexity index is 377. The fraction of sp³-hybridized carbons (Fsp3) is 0.429. The number of rotatable bonds is 5. The minimum Gasteiger partial charge on any atom is -0.329 e. The Morgan fingerprint density at radius 2 is 2.19 bits per heavy atom. The molecule has 0 amide bonds. The molecule has 16 heavy (non-hydrogen) atoms. The summed E-state index contributed by atoms with van der Waals surface area (Å²) in [4.78, 5) is 0. The maximum absolute atomic E-state index is 5.79. The van der Waals surface area contributed by atoms with Gasteiger partial charge in [0.15, 0.2) is 0 Å². The van der Waals surface area contributed by atoms with Crippen LogP contribution in [0.1, 0.15) is 29.2 Å². The molecule has 2 heteroatoms. The lowest BCUT2D eigenvalue weighted by atomic mass is 9.99. The van der Waals surface area contributed by atoms with Crippen molar-refractivity contribution in [2.75, 3.05) is 13.1 Å². The molecule has 1 unspecified atom stereocenters. The van der Waals surface area contributed by atoms with Crippen molar-refractivity contribution in [2.24, 2.45) is 5.73 Å². The van der Waals surface area contributed by atoms with E-state index in [-0.39, 0.29) is 6.04 Å². The van der Waals surface area contributed by atoms with Crippen molar-refractivity contribution in [1.82, 2.24) is 5.32 Å². The highest BCUT2D eigenvalue weighted by atomic mass is 14.9. The molecule has 86 valence electrons. The van der Waals surface area contributed by atoms with Gasteiger partial charge in [0.05, 0.1) is 0 Å². The molecule has 0 aromatic heterocycles. The molecule has 0 aliphatic rings. The Hall–Kier alpha value is -1.30. The van der Waals surface area contributed by atoms with E-state index >= 15 is 0 Å². The van der Waals surface area contributed by atoms with Crippen molar-refractivity contribution in [3.05, 3.63) is 34.9 Å². The van der Waals surface area contributed by atoms with E-state index in [2.05, 4.69) is 43.3 Å². The summed E-state index contributed by atoms with van der Waals surface area (Å²) in [7, 11) is 0. The number of nitrogens with one attached hydrogen (secondary N) is 1. The van der Waals surface area contributed by atoms with E-state index in [9.17, 15) is 0 Å². The summed E-state index contributed by atoms with van der Waals surface area (Å²) in [6.45, 7) is 5.61. The maximum Gasteiger partial charge on any atom is 0.0447 e. The number of benzene rings is 1. The van der Waals surface area contributed by atoms with Gasteiger partial charge in [-0.1, -0.05) is 23.8 Å². The average molecular weight is 216 g/mol. The SMILES string of the molecule is C#CCCNC(CN)c1cc(C)ccc1C. The van der Waals surface area contributed by atoms with Gasteiger partial charge in [-0.15, -0.1) is 12.3 Å². The van der Waals surface area contributed by atoms with E-state index in [1.165, 1.54) is 16.7 Å². The van der Waals surface area contributed by atoms with Crippen molar-refractivity contribution in [3.63, 3.8) is 0 Å².